The Bertz CT molecular complexity index is 1560. The number of carbonyl (C=O) groups excluding carboxylic acids is 2. The third-order valence-corrected chi connectivity index (χ3v) is 6.29. The number of pyridine rings is 4. The molecule has 4 heterocycles. The number of likely N-dealkylation sites (N-methyl/N-ethyl adjacent to an activating group) is 1. The van der Waals surface area contributed by atoms with E-state index in [2.05, 4.69) is 51.6 Å². The number of carboxylic acids is 2. The van der Waals surface area contributed by atoms with Gasteiger partial charge in [0.05, 0.1) is 0 Å². The van der Waals surface area contributed by atoms with Crippen LogP contribution in [-0.2, 0) is 23.5 Å². The molecule has 0 spiro atoms. The molecule has 0 aliphatic carbocycles. The topological polar surface area (TPSA) is 221 Å². The first-order valence-corrected chi connectivity index (χ1v) is 15.2. The van der Waals surface area contributed by atoms with Crippen LogP contribution < -0.4 is 21.4 Å². The Labute approximate surface area is 287 Å². The minimum atomic E-state index is -0.990. The summed E-state index contributed by atoms with van der Waals surface area (Å²) in [5, 5.41) is 25.3. The molecule has 1 unspecified atom stereocenters. The number of anilines is 1. The average Bonchev–Trinajstić information content (AvgIpc) is 3.12. The number of carbonyl (C=O) groups is 4. The maximum absolute atomic E-state index is 12.5. The van der Waals surface area contributed by atoms with Crippen molar-refractivity contribution < 1.29 is 48.1 Å². The fraction of sp³-hybridized carbons (Fsp3) is 0.188. The molecule has 4 aromatic heterocycles. The molecule has 0 bridgehead atoms. The Morgan fingerprint density at radius 3 is 1.96 bits per heavy atom. The summed E-state index contributed by atoms with van der Waals surface area (Å²) in [4.78, 5) is 60.2. The summed E-state index contributed by atoms with van der Waals surface area (Å²) >= 11 is 1.80. The number of hydrogen-bond donors (Lipinski definition) is 6. The van der Waals surface area contributed by atoms with Gasteiger partial charge in [0.15, 0.2) is 0 Å². The zero-order chi connectivity index (χ0) is 35.1. The molecule has 0 aliphatic rings. The van der Waals surface area contributed by atoms with Gasteiger partial charge in [-0.15, -0.1) is 0 Å². The fourth-order valence-electron chi connectivity index (χ4n) is 3.66. The van der Waals surface area contributed by atoms with Crippen molar-refractivity contribution in [3.63, 3.8) is 0 Å². The number of hydrogen-bond acceptors (Lipinski definition) is 11. The van der Waals surface area contributed by atoms with Gasteiger partial charge in [-0.05, 0) is 36.4 Å². The van der Waals surface area contributed by atoms with Crippen molar-refractivity contribution in [3.8, 4) is 0 Å². The molecule has 251 valence electrons. The number of aromatic carboxylic acids is 2. The molecule has 6 N–H and O–H groups in total. The van der Waals surface area contributed by atoms with Crippen LogP contribution in [0.25, 0.3) is 5.70 Å². The molecule has 0 aromatic carbocycles. The third kappa shape index (κ3) is 14.6. The number of unbranched alkanes of at least 4 members (excludes halogenated alkanes) is 1. The van der Waals surface area contributed by atoms with Crippen LogP contribution in [-0.4, -0.2) is 73.5 Å². The van der Waals surface area contributed by atoms with Crippen LogP contribution >= 0.6 is 0 Å². The van der Waals surface area contributed by atoms with Gasteiger partial charge in [0.1, 0.15) is 11.4 Å². The van der Waals surface area contributed by atoms with E-state index < -0.39 is 18.0 Å². The Hall–Kier alpha value is -5.73. The average molecular weight is 740 g/mol. The number of amides is 2. The molecule has 4 rings (SSSR count). The SMILES string of the molecule is C=C(NCCCCC(NC(=O)c1ccc(N[N]=[Tc])nc1)C(=O)NC)c1cccnc1.O=C(O)c1ccccn1.O=C(O)c1ccccn1. The Morgan fingerprint density at radius 2 is 1.50 bits per heavy atom. The molecule has 0 fully saturated rings. The van der Waals surface area contributed by atoms with Crippen LogP contribution in [0.4, 0.5) is 5.82 Å². The third-order valence-electron chi connectivity index (χ3n) is 6.09. The first-order chi connectivity index (χ1) is 23.2. The van der Waals surface area contributed by atoms with Gasteiger partial charge in [0.25, 0.3) is 0 Å². The van der Waals surface area contributed by atoms with Crippen molar-refractivity contribution in [1.29, 1.82) is 0 Å². The first-order valence-electron chi connectivity index (χ1n) is 14.3. The molecular formula is C32H35N9O6Tc. The standard InChI is InChI=1S/C20H25N7O2.2C6H5NO2.Tc/c1-14(15-6-5-10-23-12-15)24-11-4-3-7-17(20(29)22-2)26-19(28)16-8-9-18(27-21)25-13-16;2*8-6(9)5-3-1-2-4-7-5;/h5-6,8-10,12-13,17,24H,1,3-4,7,11H2,2H3,(H,22,29)(H,25,27)(H,26,28);2*1-4H,(H,8,9);. The second-order valence-corrected chi connectivity index (χ2v) is 9.87. The van der Waals surface area contributed by atoms with Crippen molar-refractivity contribution in [3.05, 3.63) is 121 Å². The van der Waals surface area contributed by atoms with Gasteiger partial charge in [-0.2, -0.15) is 0 Å². The van der Waals surface area contributed by atoms with Gasteiger partial charge in [0, 0.05) is 42.6 Å². The van der Waals surface area contributed by atoms with Gasteiger partial charge in [0.2, 0.25) is 0 Å². The second kappa shape index (κ2) is 21.9. The second-order valence-electron chi connectivity index (χ2n) is 9.45. The van der Waals surface area contributed by atoms with Crippen LogP contribution in [0.2, 0.25) is 0 Å². The first kappa shape index (κ1) is 38.5. The van der Waals surface area contributed by atoms with Crippen LogP contribution in [0.1, 0.15) is 56.2 Å². The Kier molecular flexibility index (Phi) is 17.6. The monoisotopic (exact) mass is 738 g/mol. The minimum Gasteiger partial charge on any atom is -0.477 e. The van der Waals surface area contributed by atoms with Crippen molar-refractivity contribution in [2.75, 3.05) is 19.0 Å². The molecule has 0 saturated heterocycles. The predicted molar refractivity (Wildman–Crippen MR) is 173 cm³/mol. The summed E-state index contributed by atoms with van der Waals surface area (Å²) in [6.45, 7) is 4.71. The van der Waals surface area contributed by atoms with E-state index >= 15 is 0 Å². The van der Waals surface area contributed by atoms with E-state index in [9.17, 15) is 19.2 Å². The van der Waals surface area contributed by atoms with E-state index in [0.717, 1.165) is 24.1 Å². The summed E-state index contributed by atoms with van der Waals surface area (Å²) in [5.41, 5.74) is 4.97. The molecule has 15 nitrogen and oxygen atoms in total. The minimum absolute atomic E-state index is 0.0810. The van der Waals surface area contributed by atoms with Gasteiger partial charge in [-0.25, -0.2) is 19.6 Å². The van der Waals surface area contributed by atoms with Gasteiger partial charge in [-0.3, -0.25) is 4.98 Å². The van der Waals surface area contributed by atoms with Crippen molar-refractivity contribution >= 4 is 35.3 Å². The number of nitrogens with zero attached hydrogens (tertiary/aromatic N) is 5. The summed E-state index contributed by atoms with van der Waals surface area (Å²) in [7, 11) is 1.55. The van der Waals surface area contributed by atoms with E-state index in [1.807, 2.05) is 12.1 Å². The van der Waals surface area contributed by atoms with Gasteiger partial charge >= 0.3 is 139 Å². The van der Waals surface area contributed by atoms with Crippen LogP contribution in [0.3, 0.4) is 0 Å². The summed E-state index contributed by atoms with van der Waals surface area (Å²) in [5.74, 6) is -2.03. The van der Waals surface area contributed by atoms with Gasteiger partial charge < -0.3 is 15.5 Å². The van der Waals surface area contributed by atoms with E-state index in [1.165, 1.54) is 30.7 Å². The van der Waals surface area contributed by atoms with Crippen LogP contribution in [0, 0.1) is 0 Å². The molecule has 2 amide bonds. The fourth-order valence-corrected chi connectivity index (χ4v) is 3.87. The van der Waals surface area contributed by atoms with E-state index in [-0.39, 0.29) is 23.2 Å². The van der Waals surface area contributed by atoms with Gasteiger partial charge in [-0.1, -0.05) is 18.7 Å². The van der Waals surface area contributed by atoms with E-state index in [0.29, 0.717) is 24.3 Å². The Balaban J connectivity index is 0.000000357. The zero-order valence-electron chi connectivity index (χ0n) is 25.9. The molecule has 4 aromatic rings. The summed E-state index contributed by atoms with van der Waals surface area (Å²) < 4.78 is 3.73. The molecule has 0 aliphatic heterocycles. The van der Waals surface area contributed by atoms with E-state index in [1.54, 1.807) is 74.6 Å². The zero-order valence-corrected chi connectivity index (χ0v) is 27.8. The van der Waals surface area contributed by atoms with Crippen LogP contribution in [0.5, 0.6) is 0 Å². The molecular weight excluding hydrogens is 704 g/mol. The number of aromatic nitrogens is 4. The van der Waals surface area contributed by atoms with Crippen molar-refractivity contribution in [1.82, 2.24) is 35.9 Å². The molecule has 1 atom stereocenters. The normalized spacial score (nSPS) is 10.3. The smallest absolute Gasteiger partial charge is 0.477 e. The molecule has 0 radical (unpaired) electrons. The van der Waals surface area contributed by atoms with Crippen molar-refractivity contribution in [2.45, 2.75) is 25.3 Å². The summed E-state index contributed by atoms with van der Waals surface area (Å²) in [6.07, 6.45) is 9.90. The molecule has 48 heavy (non-hydrogen) atoms. The number of rotatable bonds is 14. The number of nitrogens with one attached hydrogen (secondary N) is 4. The molecule has 0 saturated carbocycles. The number of carboxylic acid groups (broad SMARTS) is 2. The maximum atomic E-state index is 12.5. The van der Waals surface area contributed by atoms with E-state index in [4.69, 9.17) is 10.2 Å². The van der Waals surface area contributed by atoms with Crippen molar-refractivity contribution in [2.24, 2.45) is 3.72 Å². The quantitative estimate of drug-likeness (QED) is 0.0810. The summed E-state index contributed by atoms with van der Waals surface area (Å²) in [6, 6.07) is 16.0. The predicted octanol–water partition coefficient (Wildman–Crippen LogP) is 3.37. The molecule has 16 heteroatoms. The van der Waals surface area contributed by atoms with Crippen LogP contribution in [0.15, 0.2) is 102 Å². The Morgan fingerprint density at radius 1 is 0.833 bits per heavy atom.